The monoisotopic (exact) mass is 366 g/mol. The van der Waals surface area contributed by atoms with Gasteiger partial charge in [0.2, 0.25) is 0 Å². The van der Waals surface area contributed by atoms with Crippen LogP contribution in [-0.4, -0.2) is 27.2 Å². The molecule has 1 fully saturated rings. The Labute approximate surface area is 158 Å². The second kappa shape index (κ2) is 7.44. The van der Waals surface area contributed by atoms with E-state index in [1.807, 2.05) is 43.5 Å². The quantitative estimate of drug-likeness (QED) is 0.639. The van der Waals surface area contributed by atoms with Crippen molar-refractivity contribution in [2.75, 3.05) is 17.7 Å². The molecule has 0 saturated heterocycles. The molecule has 0 aliphatic heterocycles. The summed E-state index contributed by atoms with van der Waals surface area (Å²) in [6.45, 7) is 2.62. The summed E-state index contributed by atoms with van der Waals surface area (Å²) < 4.78 is 7.27. The van der Waals surface area contributed by atoms with Gasteiger partial charge in [-0.25, -0.2) is 9.50 Å². The number of nitrogens with zero attached hydrogens (tertiary/aromatic N) is 3. The molecule has 1 aliphatic rings. The fraction of sp³-hybridized carbons (Fsp3) is 0.400. The molecule has 1 aromatic carbocycles. The van der Waals surface area contributed by atoms with Gasteiger partial charge in [-0.05, 0) is 56.9 Å². The molecule has 0 radical (unpaired) electrons. The molecule has 0 unspecified atom stereocenters. The molecule has 7 nitrogen and oxygen atoms in total. The lowest BCUT2D eigenvalue weighted by molar-refractivity contribution is 0.340. The summed E-state index contributed by atoms with van der Waals surface area (Å²) in [4.78, 5) is 4.86. The molecule has 1 saturated carbocycles. The molecule has 2 heterocycles. The van der Waals surface area contributed by atoms with Crippen LogP contribution in [0.2, 0.25) is 0 Å². The Morgan fingerprint density at radius 1 is 1.19 bits per heavy atom. The number of rotatable bonds is 5. The molecule has 0 spiro atoms. The van der Waals surface area contributed by atoms with E-state index in [-0.39, 0.29) is 0 Å². The number of ether oxygens (including phenoxy) is 1. The van der Waals surface area contributed by atoms with Crippen molar-refractivity contribution < 1.29 is 4.74 Å². The van der Waals surface area contributed by atoms with Gasteiger partial charge in [0.15, 0.2) is 5.65 Å². The Balaban J connectivity index is 1.62. The molecule has 0 bridgehead atoms. The molecule has 3 aromatic rings. The SMILES string of the molecule is CCOc1ccc(Nc2cc(N)nn3cc([C@H]4CC[C@@H](N)CC4)nc23)cc1. The number of anilines is 3. The number of hydrogen-bond donors (Lipinski definition) is 3. The van der Waals surface area contributed by atoms with Gasteiger partial charge < -0.3 is 21.5 Å². The maximum atomic E-state index is 6.04. The Morgan fingerprint density at radius 2 is 1.93 bits per heavy atom. The Bertz CT molecular complexity index is 912. The van der Waals surface area contributed by atoms with Crippen LogP contribution in [0.3, 0.4) is 0 Å². The van der Waals surface area contributed by atoms with Crippen molar-refractivity contribution in [3.05, 3.63) is 42.2 Å². The summed E-state index contributed by atoms with van der Waals surface area (Å²) in [5, 5.41) is 7.80. The highest BCUT2D eigenvalue weighted by Crippen LogP contribution is 2.33. The lowest BCUT2D eigenvalue weighted by Crippen LogP contribution is -2.25. The number of fused-ring (bicyclic) bond motifs is 1. The van der Waals surface area contributed by atoms with E-state index in [2.05, 4.69) is 10.4 Å². The number of nitrogens with two attached hydrogens (primary N) is 2. The first kappa shape index (κ1) is 17.6. The second-order valence-electron chi connectivity index (χ2n) is 7.11. The van der Waals surface area contributed by atoms with Gasteiger partial charge in [-0.3, -0.25) is 0 Å². The molecular weight excluding hydrogens is 340 g/mol. The minimum absolute atomic E-state index is 0.323. The van der Waals surface area contributed by atoms with E-state index in [1.165, 1.54) is 0 Å². The average molecular weight is 366 g/mol. The zero-order valence-electron chi connectivity index (χ0n) is 15.6. The van der Waals surface area contributed by atoms with Gasteiger partial charge in [0.1, 0.15) is 11.6 Å². The predicted octanol–water partition coefficient (Wildman–Crippen LogP) is 3.44. The molecule has 0 amide bonds. The zero-order chi connectivity index (χ0) is 18.8. The number of nitrogen functional groups attached to an aromatic ring is 1. The van der Waals surface area contributed by atoms with Crippen LogP contribution in [0.15, 0.2) is 36.5 Å². The van der Waals surface area contributed by atoms with E-state index in [0.29, 0.717) is 24.4 Å². The summed E-state index contributed by atoms with van der Waals surface area (Å²) >= 11 is 0. The second-order valence-corrected chi connectivity index (χ2v) is 7.11. The van der Waals surface area contributed by atoms with E-state index in [1.54, 1.807) is 4.52 Å². The van der Waals surface area contributed by atoms with E-state index < -0.39 is 0 Å². The maximum Gasteiger partial charge on any atom is 0.177 e. The molecule has 142 valence electrons. The van der Waals surface area contributed by atoms with E-state index >= 15 is 0 Å². The molecule has 0 atom stereocenters. The van der Waals surface area contributed by atoms with Crippen LogP contribution < -0.4 is 21.5 Å². The van der Waals surface area contributed by atoms with Gasteiger partial charge in [-0.2, -0.15) is 0 Å². The molecule has 5 N–H and O–H groups in total. The summed E-state index contributed by atoms with van der Waals surface area (Å²) in [5.41, 5.74) is 15.7. The van der Waals surface area contributed by atoms with E-state index in [0.717, 1.165) is 54.1 Å². The van der Waals surface area contributed by atoms with Crippen molar-refractivity contribution in [2.45, 2.75) is 44.6 Å². The van der Waals surface area contributed by atoms with Crippen LogP contribution in [0, 0.1) is 0 Å². The Morgan fingerprint density at radius 3 is 2.63 bits per heavy atom. The number of benzene rings is 1. The third-order valence-corrected chi connectivity index (χ3v) is 5.10. The van der Waals surface area contributed by atoms with Crippen molar-refractivity contribution in [1.82, 2.24) is 14.6 Å². The third kappa shape index (κ3) is 3.83. The van der Waals surface area contributed by atoms with Crippen molar-refractivity contribution in [3.63, 3.8) is 0 Å². The molecule has 7 heteroatoms. The predicted molar refractivity (Wildman–Crippen MR) is 107 cm³/mol. The summed E-state index contributed by atoms with van der Waals surface area (Å²) in [6.07, 6.45) is 6.23. The summed E-state index contributed by atoms with van der Waals surface area (Å²) in [7, 11) is 0. The molecule has 4 rings (SSSR count). The highest BCUT2D eigenvalue weighted by molar-refractivity contribution is 5.75. The fourth-order valence-electron chi connectivity index (χ4n) is 3.67. The number of imidazole rings is 1. The van der Waals surface area contributed by atoms with Crippen molar-refractivity contribution in [1.29, 1.82) is 0 Å². The van der Waals surface area contributed by atoms with Gasteiger partial charge in [0.05, 0.1) is 24.2 Å². The molecule has 2 aromatic heterocycles. The van der Waals surface area contributed by atoms with Crippen molar-refractivity contribution in [2.24, 2.45) is 5.73 Å². The first-order valence-corrected chi connectivity index (χ1v) is 9.53. The van der Waals surface area contributed by atoms with Gasteiger partial charge in [0, 0.05) is 23.7 Å². The van der Waals surface area contributed by atoms with Crippen molar-refractivity contribution >= 4 is 22.8 Å². The number of aromatic nitrogens is 3. The molecular formula is C20H26N6O. The molecule has 27 heavy (non-hydrogen) atoms. The topological polar surface area (TPSA) is 103 Å². The summed E-state index contributed by atoms with van der Waals surface area (Å²) in [6, 6.07) is 9.98. The highest BCUT2D eigenvalue weighted by Gasteiger charge is 2.23. The lowest BCUT2D eigenvalue weighted by atomic mass is 9.85. The minimum atomic E-state index is 0.323. The fourth-order valence-corrected chi connectivity index (χ4v) is 3.67. The lowest BCUT2D eigenvalue weighted by Gasteiger charge is -2.24. The standard InChI is InChI=1S/C20H26N6O/c1-2-27-16-9-7-15(8-10-16)23-17-11-19(22)25-26-12-18(24-20(17)26)13-3-5-14(21)6-4-13/h7-14,23H,2-6,21H2,1H3,(H2,22,25)/t13-,14+. The van der Waals surface area contributed by atoms with E-state index in [4.69, 9.17) is 21.2 Å². The average Bonchev–Trinajstić information content (AvgIpc) is 3.08. The van der Waals surface area contributed by atoms with Crippen LogP contribution in [-0.2, 0) is 0 Å². The molecule has 1 aliphatic carbocycles. The van der Waals surface area contributed by atoms with Gasteiger partial charge in [-0.1, -0.05) is 0 Å². The number of hydrogen-bond acceptors (Lipinski definition) is 6. The highest BCUT2D eigenvalue weighted by atomic mass is 16.5. The zero-order valence-corrected chi connectivity index (χ0v) is 15.6. The number of nitrogens with one attached hydrogen (secondary N) is 1. The van der Waals surface area contributed by atoms with Crippen LogP contribution in [0.1, 0.15) is 44.2 Å². The first-order chi connectivity index (χ1) is 13.1. The maximum absolute atomic E-state index is 6.04. The first-order valence-electron chi connectivity index (χ1n) is 9.53. The van der Waals surface area contributed by atoms with Gasteiger partial charge >= 0.3 is 0 Å². The Kier molecular flexibility index (Phi) is 4.85. The van der Waals surface area contributed by atoms with Crippen LogP contribution in [0.5, 0.6) is 5.75 Å². The van der Waals surface area contributed by atoms with Crippen LogP contribution in [0.4, 0.5) is 17.2 Å². The van der Waals surface area contributed by atoms with Gasteiger partial charge in [0.25, 0.3) is 0 Å². The van der Waals surface area contributed by atoms with Crippen LogP contribution >= 0.6 is 0 Å². The van der Waals surface area contributed by atoms with Gasteiger partial charge in [-0.15, -0.1) is 5.10 Å². The van der Waals surface area contributed by atoms with E-state index in [9.17, 15) is 0 Å². The third-order valence-electron chi connectivity index (χ3n) is 5.10. The minimum Gasteiger partial charge on any atom is -0.494 e. The van der Waals surface area contributed by atoms with Crippen molar-refractivity contribution in [3.8, 4) is 5.75 Å². The Hall–Kier alpha value is -2.80. The van der Waals surface area contributed by atoms with Crippen LogP contribution in [0.25, 0.3) is 5.65 Å². The normalized spacial score (nSPS) is 19.9. The largest absolute Gasteiger partial charge is 0.494 e. The summed E-state index contributed by atoms with van der Waals surface area (Å²) in [5.74, 6) is 1.73. The smallest absolute Gasteiger partial charge is 0.177 e.